The molecule has 0 radical (unpaired) electrons. The Balaban J connectivity index is 2.28. The van der Waals surface area contributed by atoms with Gasteiger partial charge >= 0.3 is 0 Å². The first-order chi connectivity index (χ1) is 8.99. The van der Waals surface area contributed by atoms with Crippen LogP contribution >= 0.6 is 23.2 Å². The summed E-state index contributed by atoms with van der Waals surface area (Å²) in [5.74, 6) is -1.43. The number of halogens is 3. The van der Waals surface area contributed by atoms with Gasteiger partial charge in [-0.15, -0.1) is 0 Å². The van der Waals surface area contributed by atoms with E-state index in [1.807, 2.05) is 0 Å². The minimum atomic E-state index is -0.714. The molecule has 1 N–H and O–H groups in total. The summed E-state index contributed by atoms with van der Waals surface area (Å²) in [4.78, 5) is 25.0. The first kappa shape index (κ1) is 14.1. The Morgan fingerprint density at radius 2 is 2.05 bits per heavy atom. The van der Waals surface area contributed by atoms with Crippen LogP contribution in [-0.4, -0.2) is 36.3 Å². The Hall–Kier alpha value is -1.33. The number of carbonyl (C=O) groups excluding carboxylic acids is 2. The zero-order valence-electron chi connectivity index (χ0n) is 9.88. The lowest BCUT2D eigenvalue weighted by molar-refractivity contribution is -0.121. The SMILES string of the molecule is O=C1CN(C(=O)c2cc(F)c(Cl)cc2Cl)CCCN1. The van der Waals surface area contributed by atoms with Gasteiger partial charge in [-0.05, 0) is 18.6 Å². The molecule has 0 aliphatic carbocycles. The van der Waals surface area contributed by atoms with Crippen molar-refractivity contribution in [2.24, 2.45) is 0 Å². The third kappa shape index (κ3) is 3.16. The maximum atomic E-state index is 13.4. The monoisotopic (exact) mass is 304 g/mol. The molecule has 19 heavy (non-hydrogen) atoms. The predicted octanol–water partition coefficient (Wildman–Crippen LogP) is 2.09. The van der Waals surface area contributed by atoms with E-state index >= 15 is 0 Å². The summed E-state index contributed by atoms with van der Waals surface area (Å²) < 4.78 is 13.4. The van der Waals surface area contributed by atoms with Crippen LogP contribution in [0.1, 0.15) is 16.8 Å². The van der Waals surface area contributed by atoms with Gasteiger partial charge in [0, 0.05) is 13.1 Å². The van der Waals surface area contributed by atoms with Crippen LogP contribution in [0.4, 0.5) is 4.39 Å². The van der Waals surface area contributed by atoms with E-state index in [4.69, 9.17) is 23.2 Å². The van der Waals surface area contributed by atoms with Gasteiger partial charge in [0.25, 0.3) is 5.91 Å². The van der Waals surface area contributed by atoms with Crippen molar-refractivity contribution in [3.05, 3.63) is 33.6 Å². The van der Waals surface area contributed by atoms with Crippen LogP contribution in [0, 0.1) is 5.82 Å². The molecule has 1 fully saturated rings. The highest BCUT2D eigenvalue weighted by molar-refractivity contribution is 6.36. The van der Waals surface area contributed by atoms with Gasteiger partial charge in [0.05, 0.1) is 22.2 Å². The molecule has 1 heterocycles. The number of amides is 2. The summed E-state index contributed by atoms with van der Waals surface area (Å²) in [5, 5.41) is 2.58. The van der Waals surface area contributed by atoms with Gasteiger partial charge in [-0.25, -0.2) is 4.39 Å². The number of hydrogen-bond donors (Lipinski definition) is 1. The van der Waals surface area contributed by atoms with Crippen LogP contribution in [0.2, 0.25) is 10.0 Å². The van der Waals surface area contributed by atoms with Crippen molar-refractivity contribution in [1.29, 1.82) is 0 Å². The molecule has 1 aliphatic rings. The minimum absolute atomic E-state index is 0.0123. The molecule has 0 atom stereocenters. The molecule has 0 spiro atoms. The largest absolute Gasteiger partial charge is 0.354 e. The summed E-state index contributed by atoms with van der Waals surface area (Å²) in [7, 11) is 0. The highest BCUT2D eigenvalue weighted by Crippen LogP contribution is 2.25. The molecule has 102 valence electrons. The van der Waals surface area contributed by atoms with E-state index in [9.17, 15) is 14.0 Å². The van der Waals surface area contributed by atoms with Gasteiger partial charge in [0.15, 0.2) is 0 Å². The molecule has 1 aromatic rings. The second kappa shape index (κ2) is 5.75. The number of nitrogens with zero attached hydrogens (tertiary/aromatic N) is 1. The number of carbonyl (C=O) groups is 2. The highest BCUT2D eigenvalue weighted by atomic mass is 35.5. The number of benzene rings is 1. The molecule has 1 saturated heterocycles. The summed E-state index contributed by atoms with van der Waals surface area (Å²) in [5.41, 5.74) is 0.0123. The minimum Gasteiger partial charge on any atom is -0.354 e. The Kier molecular flexibility index (Phi) is 4.27. The van der Waals surface area contributed by atoms with Crippen molar-refractivity contribution in [2.45, 2.75) is 6.42 Å². The number of hydrogen-bond acceptors (Lipinski definition) is 2. The van der Waals surface area contributed by atoms with Crippen molar-refractivity contribution in [3.63, 3.8) is 0 Å². The molecule has 2 rings (SSSR count). The van der Waals surface area contributed by atoms with Crippen molar-refractivity contribution in [3.8, 4) is 0 Å². The van der Waals surface area contributed by atoms with Crippen LogP contribution in [0.3, 0.4) is 0 Å². The van der Waals surface area contributed by atoms with Crippen molar-refractivity contribution in [2.75, 3.05) is 19.6 Å². The molecular weight excluding hydrogens is 294 g/mol. The lowest BCUT2D eigenvalue weighted by Crippen LogP contribution is -2.37. The second-order valence-corrected chi connectivity index (χ2v) is 4.99. The average molecular weight is 305 g/mol. The molecular formula is C12H11Cl2FN2O2. The Bertz CT molecular complexity index is 537. The predicted molar refractivity (Wildman–Crippen MR) is 70.0 cm³/mol. The third-order valence-corrected chi connectivity index (χ3v) is 3.39. The quantitative estimate of drug-likeness (QED) is 0.808. The molecule has 2 amide bonds. The van der Waals surface area contributed by atoms with Crippen LogP contribution in [0.5, 0.6) is 0 Å². The molecule has 4 nitrogen and oxygen atoms in total. The van der Waals surface area contributed by atoms with Gasteiger partial charge in [-0.3, -0.25) is 9.59 Å². The fourth-order valence-electron chi connectivity index (χ4n) is 1.84. The normalized spacial score (nSPS) is 15.9. The third-order valence-electron chi connectivity index (χ3n) is 2.79. The summed E-state index contributed by atoms with van der Waals surface area (Å²) in [6.45, 7) is 0.878. The lowest BCUT2D eigenvalue weighted by atomic mass is 10.2. The van der Waals surface area contributed by atoms with E-state index in [1.54, 1.807) is 0 Å². The van der Waals surface area contributed by atoms with E-state index < -0.39 is 11.7 Å². The highest BCUT2D eigenvalue weighted by Gasteiger charge is 2.23. The smallest absolute Gasteiger partial charge is 0.255 e. The molecule has 1 aromatic carbocycles. The fraction of sp³-hybridized carbons (Fsp3) is 0.333. The molecule has 7 heteroatoms. The van der Waals surface area contributed by atoms with Crippen molar-refractivity contribution >= 4 is 35.0 Å². The van der Waals surface area contributed by atoms with Gasteiger partial charge < -0.3 is 10.2 Å². The summed E-state index contributed by atoms with van der Waals surface area (Å²) in [6, 6.07) is 2.18. The van der Waals surface area contributed by atoms with Gasteiger partial charge in [0.1, 0.15) is 5.82 Å². The van der Waals surface area contributed by atoms with Crippen LogP contribution in [0.25, 0.3) is 0 Å². The van der Waals surface area contributed by atoms with E-state index in [0.29, 0.717) is 19.5 Å². The Morgan fingerprint density at radius 1 is 1.32 bits per heavy atom. The zero-order valence-corrected chi connectivity index (χ0v) is 11.4. The zero-order chi connectivity index (χ0) is 14.0. The fourth-order valence-corrected chi connectivity index (χ4v) is 2.30. The van der Waals surface area contributed by atoms with Gasteiger partial charge in [-0.2, -0.15) is 0 Å². The van der Waals surface area contributed by atoms with E-state index in [2.05, 4.69) is 5.32 Å². The Labute approximate surface area is 119 Å². The standard InChI is InChI=1S/C12H11Cl2FN2O2/c13-8-5-9(14)10(15)4-7(8)12(19)17-3-1-2-16-11(18)6-17/h4-5H,1-3,6H2,(H,16,18). The summed E-state index contributed by atoms with van der Waals surface area (Å²) >= 11 is 11.5. The van der Waals surface area contributed by atoms with Crippen molar-refractivity contribution in [1.82, 2.24) is 10.2 Å². The first-order valence-corrected chi connectivity index (χ1v) is 6.45. The lowest BCUT2D eigenvalue weighted by Gasteiger charge is -2.19. The molecule has 0 aromatic heterocycles. The number of rotatable bonds is 1. The van der Waals surface area contributed by atoms with Crippen molar-refractivity contribution < 1.29 is 14.0 Å². The molecule has 0 bridgehead atoms. The molecule has 0 saturated carbocycles. The van der Waals surface area contributed by atoms with Crippen LogP contribution in [-0.2, 0) is 4.79 Å². The van der Waals surface area contributed by atoms with E-state index in [1.165, 1.54) is 11.0 Å². The van der Waals surface area contributed by atoms with Gasteiger partial charge in [-0.1, -0.05) is 23.2 Å². The van der Waals surface area contributed by atoms with Crippen LogP contribution < -0.4 is 5.32 Å². The van der Waals surface area contributed by atoms with E-state index in [-0.39, 0.29) is 28.1 Å². The topological polar surface area (TPSA) is 49.4 Å². The summed E-state index contributed by atoms with van der Waals surface area (Å²) in [6.07, 6.45) is 0.644. The maximum Gasteiger partial charge on any atom is 0.255 e. The number of nitrogens with one attached hydrogen (secondary N) is 1. The molecule has 0 unspecified atom stereocenters. The average Bonchev–Trinajstić information content (AvgIpc) is 2.58. The van der Waals surface area contributed by atoms with Gasteiger partial charge in [0.2, 0.25) is 5.91 Å². The van der Waals surface area contributed by atoms with Crippen LogP contribution in [0.15, 0.2) is 12.1 Å². The van der Waals surface area contributed by atoms with E-state index in [0.717, 1.165) is 6.07 Å². The first-order valence-electron chi connectivity index (χ1n) is 5.69. The Morgan fingerprint density at radius 3 is 2.79 bits per heavy atom. The molecule has 1 aliphatic heterocycles. The maximum absolute atomic E-state index is 13.4. The second-order valence-electron chi connectivity index (χ2n) is 4.18.